The van der Waals surface area contributed by atoms with Gasteiger partial charge in [-0.05, 0) is 31.7 Å². The van der Waals surface area contributed by atoms with Crippen LogP contribution in [0.5, 0.6) is 0 Å². The Bertz CT molecular complexity index is 453. The largest absolute Gasteiger partial charge is 0.388 e. The van der Waals surface area contributed by atoms with Crippen LogP contribution in [0, 0.1) is 5.92 Å². The summed E-state index contributed by atoms with van der Waals surface area (Å²) in [6.07, 6.45) is 3.33. The molecule has 20 heavy (non-hydrogen) atoms. The molecule has 0 fully saturated rings. The van der Waals surface area contributed by atoms with Crippen LogP contribution < -0.4 is 5.32 Å². The molecule has 0 radical (unpaired) electrons. The third kappa shape index (κ3) is 5.17. The van der Waals surface area contributed by atoms with E-state index in [9.17, 15) is 9.90 Å². The molecule has 0 aliphatic heterocycles. The van der Waals surface area contributed by atoms with Gasteiger partial charge in [-0.25, -0.2) is 0 Å². The molecule has 0 aromatic carbocycles. The standard InChI is InChI=1S/C15H25ClN2O2/c1-5-6-18-9-12(16)7-13(18)14(19)17-10-15(4,20)8-11(2)3/h7,9,11,20H,5-6,8,10H2,1-4H3,(H,17,19). The van der Waals surface area contributed by atoms with Crippen LogP contribution in [0.3, 0.4) is 0 Å². The molecule has 0 aliphatic carbocycles. The van der Waals surface area contributed by atoms with Crippen LogP contribution in [0.15, 0.2) is 12.3 Å². The van der Waals surface area contributed by atoms with E-state index in [0.29, 0.717) is 23.1 Å². The van der Waals surface area contributed by atoms with Gasteiger partial charge in [0.2, 0.25) is 0 Å². The molecule has 0 bridgehead atoms. The van der Waals surface area contributed by atoms with Crippen LogP contribution in [0.25, 0.3) is 0 Å². The van der Waals surface area contributed by atoms with Crippen LogP contribution in [0.4, 0.5) is 0 Å². The number of carbonyl (C=O) groups excluding carboxylic acids is 1. The van der Waals surface area contributed by atoms with Gasteiger partial charge in [-0.2, -0.15) is 0 Å². The smallest absolute Gasteiger partial charge is 0.268 e. The highest BCUT2D eigenvalue weighted by atomic mass is 35.5. The molecule has 0 saturated heterocycles. The van der Waals surface area contributed by atoms with Gasteiger partial charge in [0.25, 0.3) is 5.91 Å². The van der Waals surface area contributed by atoms with Crippen molar-refractivity contribution in [3.8, 4) is 0 Å². The zero-order chi connectivity index (χ0) is 15.3. The number of amides is 1. The third-order valence-electron chi connectivity index (χ3n) is 3.04. The number of halogens is 1. The monoisotopic (exact) mass is 300 g/mol. The molecule has 0 spiro atoms. The molecule has 1 unspecified atom stereocenters. The Labute approximate surface area is 126 Å². The van der Waals surface area contributed by atoms with Crippen molar-refractivity contribution in [3.63, 3.8) is 0 Å². The maximum atomic E-state index is 12.2. The van der Waals surface area contributed by atoms with Gasteiger partial charge in [-0.3, -0.25) is 4.79 Å². The summed E-state index contributed by atoms with van der Waals surface area (Å²) in [4.78, 5) is 12.2. The van der Waals surface area contributed by atoms with E-state index in [1.54, 1.807) is 19.2 Å². The second-order valence-electron chi connectivity index (χ2n) is 6.01. The average Bonchev–Trinajstić information content (AvgIpc) is 2.66. The van der Waals surface area contributed by atoms with Gasteiger partial charge in [0, 0.05) is 19.3 Å². The summed E-state index contributed by atoms with van der Waals surface area (Å²) in [7, 11) is 0. The van der Waals surface area contributed by atoms with Crippen molar-refractivity contribution in [3.05, 3.63) is 23.0 Å². The van der Waals surface area contributed by atoms with E-state index in [1.807, 2.05) is 25.3 Å². The molecule has 4 nitrogen and oxygen atoms in total. The van der Waals surface area contributed by atoms with Crippen LogP contribution in [0.2, 0.25) is 5.02 Å². The highest BCUT2D eigenvalue weighted by Crippen LogP contribution is 2.17. The summed E-state index contributed by atoms with van der Waals surface area (Å²) >= 11 is 5.95. The number of rotatable bonds is 7. The Morgan fingerprint density at radius 3 is 2.75 bits per heavy atom. The fourth-order valence-electron chi connectivity index (χ4n) is 2.40. The van der Waals surface area contributed by atoms with E-state index in [1.165, 1.54) is 0 Å². The molecule has 0 saturated carbocycles. The van der Waals surface area contributed by atoms with E-state index >= 15 is 0 Å². The summed E-state index contributed by atoms with van der Waals surface area (Å²) in [6.45, 7) is 8.86. The molecule has 114 valence electrons. The van der Waals surface area contributed by atoms with Crippen LogP contribution in [-0.4, -0.2) is 27.7 Å². The number of aliphatic hydroxyl groups is 1. The average molecular weight is 301 g/mol. The van der Waals surface area contributed by atoms with Gasteiger partial charge in [0.15, 0.2) is 0 Å². The number of nitrogens with one attached hydrogen (secondary N) is 1. The van der Waals surface area contributed by atoms with Gasteiger partial charge in [0.05, 0.1) is 10.6 Å². The van der Waals surface area contributed by atoms with Gasteiger partial charge < -0.3 is 15.0 Å². The SMILES string of the molecule is CCCn1cc(Cl)cc1C(=O)NCC(C)(O)CC(C)C. The van der Waals surface area contributed by atoms with Crippen LogP contribution in [-0.2, 0) is 6.54 Å². The molecular formula is C15H25ClN2O2. The maximum absolute atomic E-state index is 12.2. The fourth-order valence-corrected chi connectivity index (χ4v) is 2.63. The maximum Gasteiger partial charge on any atom is 0.268 e. The first-order valence-electron chi connectivity index (χ1n) is 7.11. The van der Waals surface area contributed by atoms with Gasteiger partial charge in [0.1, 0.15) is 5.69 Å². The quantitative estimate of drug-likeness (QED) is 0.813. The lowest BCUT2D eigenvalue weighted by Crippen LogP contribution is -2.42. The zero-order valence-electron chi connectivity index (χ0n) is 12.7. The Balaban J connectivity index is 2.67. The van der Waals surface area contributed by atoms with E-state index in [-0.39, 0.29) is 12.5 Å². The second-order valence-corrected chi connectivity index (χ2v) is 6.45. The molecule has 1 heterocycles. The van der Waals surface area contributed by atoms with Crippen LogP contribution in [0.1, 0.15) is 51.0 Å². The lowest BCUT2D eigenvalue weighted by Gasteiger charge is -2.25. The topological polar surface area (TPSA) is 54.3 Å². The minimum Gasteiger partial charge on any atom is -0.388 e. The molecule has 1 aromatic rings. The Morgan fingerprint density at radius 2 is 2.20 bits per heavy atom. The van der Waals surface area contributed by atoms with Crippen molar-refractivity contribution < 1.29 is 9.90 Å². The summed E-state index contributed by atoms with van der Waals surface area (Å²) in [5.41, 5.74) is -0.354. The molecule has 0 aliphatic rings. The van der Waals surface area contributed by atoms with Crippen molar-refractivity contribution in [2.45, 2.75) is 52.7 Å². The Morgan fingerprint density at radius 1 is 1.55 bits per heavy atom. The first kappa shape index (κ1) is 17.1. The first-order chi connectivity index (χ1) is 9.25. The summed E-state index contributed by atoms with van der Waals surface area (Å²) in [5.74, 6) is 0.176. The second kappa shape index (κ2) is 7.14. The number of aromatic nitrogens is 1. The van der Waals surface area contributed by atoms with Gasteiger partial charge in [-0.1, -0.05) is 32.4 Å². The third-order valence-corrected chi connectivity index (χ3v) is 3.24. The predicted molar refractivity (Wildman–Crippen MR) is 82.1 cm³/mol. The number of carbonyl (C=O) groups is 1. The number of hydrogen-bond acceptors (Lipinski definition) is 2. The molecule has 2 N–H and O–H groups in total. The molecular weight excluding hydrogens is 276 g/mol. The predicted octanol–water partition coefficient (Wildman–Crippen LogP) is 3.08. The van der Waals surface area contributed by atoms with Crippen molar-refractivity contribution in [1.29, 1.82) is 0 Å². The summed E-state index contributed by atoms with van der Waals surface area (Å²) in [6, 6.07) is 1.66. The molecule has 1 rings (SSSR count). The lowest BCUT2D eigenvalue weighted by molar-refractivity contribution is 0.0367. The molecule has 1 amide bonds. The number of hydrogen-bond donors (Lipinski definition) is 2. The van der Waals surface area contributed by atoms with Gasteiger partial charge >= 0.3 is 0 Å². The van der Waals surface area contributed by atoms with Crippen molar-refractivity contribution in [2.24, 2.45) is 5.92 Å². The Kier molecular flexibility index (Phi) is 6.08. The summed E-state index contributed by atoms with van der Waals surface area (Å²) < 4.78 is 1.84. The van der Waals surface area contributed by atoms with E-state index < -0.39 is 5.60 Å². The minimum atomic E-state index is -0.893. The van der Waals surface area contributed by atoms with Crippen LogP contribution >= 0.6 is 11.6 Å². The van der Waals surface area contributed by atoms with E-state index in [4.69, 9.17) is 11.6 Å². The number of aryl methyl sites for hydroxylation is 1. The lowest BCUT2D eigenvalue weighted by atomic mass is 9.94. The minimum absolute atomic E-state index is 0.200. The summed E-state index contributed by atoms with van der Waals surface area (Å²) in [5, 5.41) is 13.6. The van der Waals surface area contributed by atoms with E-state index in [2.05, 4.69) is 5.32 Å². The first-order valence-corrected chi connectivity index (χ1v) is 7.49. The molecule has 5 heteroatoms. The highest BCUT2D eigenvalue weighted by molar-refractivity contribution is 6.31. The van der Waals surface area contributed by atoms with Crippen molar-refractivity contribution in [1.82, 2.24) is 9.88 Å². The fraction of sp³-hybridized carbons (Fsp3) is 0.667. The highest BCUT2D eigenvalue weighted by Gasteiger charge is 2.23. The molecule has 1 aromatic heterocycles. The Hall–Kier alpha value is -1.00. The molecule has 1 atom stereocenters. The normalized spacial score (nSPS) is 14.3. The van der Waals surface area contributed by atoms with Crippen molar-refractivity contribution in [2.75, 3.05) is 6.54 Å². The zero-order valence-corrected chi connectivity index (χ0v) is 13.5. The number of nitrogens with zero attached hydrogens (tertiary/aromatic N) is 1. The van der Waals surface area contributed by atoms with Gasteiger partial charge in [-0.15, -0.1) is 0 Å². The van der Waals surface area contributed by atoms with Crippen molar-refractivity contribution >= 4 is 17.5 Å². The van der Waals surface area contributed by atoms with E-state index in [0.717, 1.165) is 13.0 Å².